The summed E-state index contributed by atoms with van der Waals surface area (Å²) in [5, 5.41) is 3.38. The number of pyridine rings is 2. The molecule has 3 N–H and O–H groups in total. The Balaban J connectivity index is 0.00000141. The number of anilines is 1. The maximum atomic E-state index is 13.4. The molecule has 0 saturated carbocycles. The highest BCUT2D eigenvalue weighted by Crippen LogP contribution is 2.31. The molecule has 0 spiro atoms. The second-order valence-electron chi connectivity index (χ2n) is 7.07. The van der Waals surface area contributed by atoms with Crippen molar-refractivity contribution >= 4 is 5.82 Å². The summed E-state index contributed by atoms with van der Waals surface area (Å²) in [4.78, 5) is 8.94. The van der Waals surface area contributed by atoms with E-state index < -0.39 is 0 Å². The average molecular weight is 425 g/mol. The van der Waals surface area contributed by atoms with E-state index in [1.54, 1.807) is 24.5 Å². The highest BCUT2D eigenvalue weighted by atomic mass is 19.1. The molecule has 0 amide bonds. The molecule has 2 heterocycles. The van der Waals surface area contributed by atoms with Gasteiger partial charge in [0.05, 0.1) is 5.69 Å². The maximum Gasteiger partial charge on any atom is 0.126 e. The van der Waals surface area contributed by atoms with Crippen LogP contribution in [0, 0.1) is 18.7 Å². The van der Waals surface area contributed by atoms with Gasteiger partial charge in [0, 0.05) is 36.1 Å². The summed E-state index contributed by atoms with van der Waals surface area (Å²) >= 11 is 0. The summed E-state index contributed by atoms with van der Waals surface area (Å²) in [6.45, 7) is 0.703. The molecule has 0 aliphatic carbocycles. The number of hydrogen-bond acceptors (Lipinski definition) is 4. The van der Waals surface area contributed by atoms with Gasteiger partial charge in [-0.25, -0.2) is 9.37 Å². The predicted octanol–water partition coefficient (Wildman–Crippen LogP) is 5.70. The first kappa shape index (κ1) is 22.7. The van der Waals surface area contributed by atoms with Gasteiger partial charge in [-0.1, -0.05) is 42.5 Å². The zero-order chi connectivity index (χ0) is 22.8. The van der Waals surface area contributed by atoms with E-state index >= 15 is 0 Å². The van der Waals surface area contributed by atoms with Crippen molar-refractivity contribution in [3.63, 3.8) is 0 Å². The molecule has 5 heteroatoms. The van der Waals surface area contributed by atoms with Gasteiger partial charge in [0.25, 0.3) is 0 Å². The van der Waals surface area contributed by atoms with E-state index in [1.165, 1.54) is 12.1 Å². The third kappa shape index (κ3) is 5.78. The monoisotopic (exact) mass is 424 g/mol. The van der Waals surface area contributed by atoms with Crippen molar-refractivity contribution in [1.29, 1.82) is 0 Å². The summed E-state index contributed by atoms with van der Waals surface area (Å²) in [7, 11) is 0. The molecule has 0 radical (unpaired) electrons. The minimum Gasteiger partial charge on any atom is -0.370 e. The van der Waals surface area contributed by atoms with Gasteiger partial charge in [-0.05, 0) is 53.9 Å². The summed E-state index contributed by atoms with van der Waals surface area (Å²) in [5.74, 6) is 0.512. The van der Waals surface area contributed by atoms with Crippen molar-refractivity contribution in [3.05, 3.63) is 103 Å². The Kier molecular flexibility index (Phi) is 8.08. The molecule has 4 aromatic rings. The highest BCUT2D eigenvalue weighted by Gasteiger charge is 2.11. The second kappa shape index (κ2) is 11.4. The van der Waals surface area contributed by atoms with Gasteiger partial charge >= 0.3 is 0 Å². The molecular formula is C27H25FN4. The molecule has 0 aliphatic heterocycles. The van der Waals surface area contributed by atoms with Crippen LogP contribution in [0.25, 0.3) is 22.4 Å². The Hall–Kier alpha value is -4.01. The Morgan fingerprint density at radius 1 is 0.844 bits per heavy atom. The zero-order valence-corrected chi connectivity index (χ0v) is 17.7. The first-order chi connectivity index (χ1) is 15.7. The summed E-state index contributed by atoms with van der Waals surface area (Å²) in [6.07, 6.45) is 12.3. The fourth-order valence-electron chi connectivity index (χ4n) is 3.37. The lowest BCUT2D eigenvalue weighted by molar-refractivity contribution is 0.628. The number of terminal acetylenes is 1. The van der Waals surface area contributed by atoms with Crippen LogP contribution < -0.4 is 11.1 Å². The molecule has 0 bridgehead atoms. The standard InChI is InChI=1S/C25H23FN4.C2H2/c26-21-8-6-18(7-9-21)22-10-11-24(30-25(22)20-12-15-28-16-13-20)29-17-14-23(27)19-4-2-1-3-5-19;1-2/h1-13,15-16,23H,14,17,27H2,(H,29,30);1-2H/t23-;/m1./s1. The van der Waals surface area contributed by atoms with Gasteiger partial charge in [0.1, 0.15) is 11.6 Å². The normalized spacial score (nSPS) is 11.1. The Labute approximate surface area is 188 Å². The number of hydrogen-bond donors (Lipinski definition) is 2. The van der Waals surface area contributed by atoms with Crippen molar-refractivity contribution < 1.29 is 4.39 Å². The van der Waals surface area contributed by atoms with Gasteiger partial charge in [-0.2, -0.15) is 0 Å². The fourth-order valence-corrected chi connectivity index (χ4v) is 3.37. The number of rotatable bonds is 7. The molecule has 0 unspecified atom stereocenters. The fraction of sp³-hybridized carbons (Fsp3) is 0.111. The van der Waals surface area contributed by atoms with E-state index in [0.717, 1.165) is 40.2 Å². The van der Waals surface area contributed by atoms with Crippen molar-refractivity contribution in [3.8, 4) is 35.2 Å². The molecule has 160 valence electrons. The quantitative estimate of drug-likeness (QED) is 0.374. The van der Waals surface area contributed by atoms with E-state index in [9.17, 15) is 4.39 Å². The van der Waals surface area contributed by atoms with Crippen LogP contribution >= 0.6 is 0 Å². The lowest BCUT2D eigenvalue weighted by Gasteiger charge is -2.15. The third-order valence-electron chi connectivity index (χ3n) is 4.99. The number of nitrogens with zero attached hydrogens (tertiary/aromatic N) is 2. The van der Waals surface area contributed by atoms with E-state index in [0.29, 0.717) is 6.54 Å². The van der Waals surface area contributed by atoms with Crippen LogP contribution in [0.5, 0.6) is 0 Å². The van der Waals surface area contributed by atoms with Gasteiger partial charge in [-0.15, -0.1) is 12.8 Å². The molecule has 4 rings (SSSR count). The van der Waals surface area contributed by atoms with Crippen molar-refractivity contribution in [2.75, 3.05) is 11.9 Å². The SMILES string of the molecule is C#C.N[C@H](CCNc1ccc(-c2ccc(F)cc2)c(-c2ccncc2)n1)c1ccccc1. The van der Waals surface area contributed by atoms with Crippen LogP contribution in [0.4, 0.5) is 10.2 Å². The predicted molar refractivity (Wildman–Crippen MR) is 129 cm³/mol. The van der Waals surface area contributed by atoms with E-state index in [-0.39, 0.29) is 11.9 Å². The van der Waals surface area contributed by atoms with Crippen LogP contribution in [-0.2, 0) is 0 Å². The molecule has 32 heavy (non-hydrogen) atoms. The largest absolute Gasteiger partial charge is 0.370 e. The first-order valence-corrected chi connectivity index (χ1v) is 10.3. The van der Waals surface area contributed by atoms with Crippen LogP contribution in [0.2, 0.25) is 0 Å². The van der Waals surface area contributed by atoms with Crippen molar-refractivity contribution in [2.45, 2.75) is 12.5 Å². The number of nitrogens with two attached hydrogens (primary N) is 1. The molecule has 0 fully saturated rings. The molecular weight excluding hydrogens is 399 g/mol. The van der Waals surface area contributed by atoms with Crippen LogP contribution in [0.3, 0.4) is 0 Å². The molecule has 2 aromatic heterocycles. The molecule has 2 aromatic carbocycles. The Morgan fingerprint density at radius 3 is 2.22 bits per heavy atom. The van der Waals surface area contributed by atoms with E-state index in [4.69, 9.17) is 10.7 Å². The maximum absolute atomic E-state index is 13.4. The second-order valence-corrected chi connectivity index (χ2v) is 7.07. The van der Waals surface area contributed by atoms with Gasteiger partial charge in [0.2, 0.25) is 0 Å². The molecule has 0 aliphatic rings. The smallest absolute Gasteiger partial charge is 0.126 e. The number of aromatic nitrogens is 2. The topological polar surface area (TPSA) is 63.8 Å². The minimum absolute atomic E-state index is 0.0307. The average Bonchev–Trinajstić information content (AvgIpc) is 2.87. The number of benzene rings is 2. The third-order valence-corrected chi connectivity index (χ3v) is 4.99. The van der Waals surface area contributed by atoms with Crippen molar-refractivity contribution in [2.24, 2.45) is 5.73 Å². The summed E-state index contributed by atoms with van der Waals surface area (Å²) < 4.78 is 13.4. The lowest BCUT2D eigenvalue weighted by atomic mass is 10.00. The summed E-state index contributed by atoms with van der Waals surface area (Å²) in [5.41, 5.74) is 11.0. The van der Waals surface area contributed by atoms with E-state index in [2.05, 4.69) is 23.1 Å². The zero-order valence-electron chi connectivity index (χ0n) is 17.7. The Bertz CT molecular complexity index is 1130. The molecule has 4 nitrogen and oxygen atoms in total. The van der Waals surface area contributed by atoms with Crippen molar-refractivity contribution in [1.82, 2.24) is 9.97 Å². The van der Waals surface area contributed by atoms with Crippen LogP contribution in [0.1, 0.15) is 18.0 Å². The molecule has 1 atom stereocenters. The van der Waals surface area contributed by atoms with E-state index in [1.807, 2.05) is 54.6 Å². The van der Waals surface area contributed by atoms with Gasteiger partial charge in [0.15, 0.2) is 0 Å². The number of nitrogens with one attached hydrogen (secondary N) is 1. The lowest BCUT2D eigenvalue weighted by Crippen LogP contribution is -2.15. The first-order valence-electron chi connectivity index (χ1n) is 10.3. The highest BCUT2D eigenvalue weighted by molar-refractivity contribution is 5.81. The van der Waals surface area contributed by atoms with Crippen LogP contribution in [-0.4, -0.2) is 16.5 Å². The number of halogens is 1. The molecule has 0 saturated heterocycles. The Morgan fingerprint density at radius 2 is 1.53 bits per heavy atom. The van der Waals surface area contributed by atoms with Gasteiger partial charge < -0.3 is 11.1 Å². The summed E-state index contributed by atoms with van der Waals surface area (Å²) in [6, 6.07) is 24.3. The van der Waals surface area contributed by atoms with Crippen LogP contribution in [0.15, 0.2) is 91.3 Å². The minimum atomic E-state index is -0.259. The van der Waals surface area contributed by atoms with Gasteiger partial charge in [-0.3, -0.25) is 4.98 Å².